The summed E-state index contributed by atoms with van der Waals surface area (Å²) in [4.78, 5) is 3.41. The fraction of sp³-hybridized carbons (Fsp3) is 0.214. The second-order valence-corrected chi connectivity index (χ2v) is 4.70. The summed E-state index contributed by atoms with van der Waals surface area (Å²) in [7, 11) is 1.67. The molecule has 0 aliphatic rings. The molecular weight excluding hydrogens is 240 g/mol. The van der Waals surface area contributed by atoms with Crippen molar-refractivity contribution in [1.29, 1.82) is 0 Å². The van der Waals surface area contributed by atoms with Crippen LogP contribution < -0.4 is 10.5 Å². The molecule has 1 aromatic carbocycles. The number of rotatable bonds is 2. The highest BCUT2D eigenvalue weighted by Crippen LogP contribution is 2.35. The maximum atomic E-state index is 5.69. The van der Waals surface area contributed by atoms with E-state index in [4.69, 9.17) is 10.5 Å². The van der Waals surface area contributed by atoms with E-state index < -0.39 is 0 Å². The van der Waals surface area contributed by atoms with Gasteiger partial charge in [-0.3, -0.25) is 5.10 Å². The molecule has 0 aliphatic carbocycles. The molecule has 0 unspecified atom stereocenters. The minimum atomic E-state index is 0.489. The molecule has 3 aromatic rings. The first kappa shape index (κ1) is 11.6. The quantitative estimate of drug-likeness (QED) is 0.659. The van der Waals surface area contributed by atoms with E-state index >= 15 is 0 Å². The predicted octanol–water partition coefficient (Wildman–Crippen LogP) is 2.77. The molecule has 98 valence electrons. The van der Waals surface area contributed by atoms with Crippen molar-refractivity contribution in [3.63, 3.8) is 0 Å². The highest BCUT2D eigenvalue weighted by atomic mass is 16.5. The molecule has 2 aromatic heterocycles. The topological polar surface area (TPSA) is 79.7 Å². The third-order valence-corrected chi connectivity index (χ3v) is 3.37. The van der Waals surface area contributed by atoms with Crippen molar-refractivity contribution in [3.05, 3.63) is 29.5 Å². The Balaban J connectivity index is 2.35. The summed E-state index contributed by atoms with van der Waals surface area (Å²) in [6.07, 6.45) is 0. The highest BCUT2D eigenvalue weighted by molar-refractivity contribution is 5.99. The zero-order valence-corrected chi connectivity index (χ0v) is 11.2. The van der Waals surface area contributed by atoms with Crippen molar-refractivity contribution in [3.8, 4) is 17.0 Å². The van der Waals surface area contributed by atoms with Crippen LogP contribution in [0.5, 0.6) is 5.75 Å². The number of methoxy groups -OCH3 is 1. The first-order valence-corrected chi connectivity index (χ1v) is 6.08. The number of benzene rings is 1. The van der Waals surface area contributed by atoms with Gasteiger partial charge in [0.1, 0.15) is 11.6 Å². The minimum absolute atomic E-state index is 0.489. The average Bonchev–Trinajstić information content (AvgIpc) is 2.92. The summed E-state index contributed by atoms with van der Waals surface area (Å²) in [5.74, 6) is 1.33. The Morgan fingerprint density at radius 2 is 2.00 bits per heavy atom. The van der Waals surface area contributed by atoms with Gasteiger partial charge in [0.25, 0.3) is 0 Å². The standard InChI is InChI=1S/C14H16N4O/c1-7-4-9(19-3)5-10-13(8(2)16-14(7)10)11-6-12(15)18-17-11/h4-6,16H,1-3H3,(H3,15,17,18). The largest absolute Gasteiger partial charge is 0.497 e. The number of H-pyrrole nitrogens is 2. The van der Waals surface area contributed by atoms with Gasteiger partial charge in [-0.2, -0.15) is 5.10 Å². The molecule has 0 fully saturated rings. The Hall–Kier alpha value is -2.43. The Labute approximate surface area is 110 Å². The number of aromatic amines is 2. The monoisotopic (exact) mass is 256 g/mol. The summed E-state index contributed by atoms with van der Waals surface area (Å²) in [6, 6.07) is 5.88. The molecule has 0 bridgehead atoms. The van der Waals surface area contributed by atoms with E-state index in [0.717, 1.165) is 39.2 Å². The highest BCUT2D eigenvalue weighted by Gasteiger charge is 2.15. The number of hydrogen-bond donors (Lipinski definition) is 3. The summed E-state index contributed by atoms with van der Waals surface area (Å²) in [5, 5.41) is 8.06. The van der Waals surface area contributed by atoms with Crippen molar-refractivity contribution in [2.24, 2.45) is 0 Å². The molecule has 0 atom stereocenters. The van der Waals surface area contributed by atoms with Crippen LogP contribution in [-0.2, 0) is 0 Å². The van der Waals surface area contributed by atoms with Gasteiger partial charge in [-0.1, -0.05) is 0 Å². The third kappa shape index (κ3) is 1.74. The van der Waals surface area contributed by atoms with E-state index in [1.165, 1.54) is 0 Å². The average molecular weight is 256 g/mol. The van der Waals surface area contributed by atoms with Crippen LogP contribution >= 0.6 is 0 Å². The van der Waals surface area contributed by atoms with E-state index in [1.807, 2.05) is 25.1 Å². The third-order valence-electron chi connectivity index (χ3n) is 3.37. The lowest BCUT2D eigenvalue weighted by Crippen LogP contribution is -1.85. The van der Waals surface area contributed by atoms with Gasteiger partial charge in [-0.25, -0.2) is 0 Å². The molecule has 3 rings (SSSR count). The van der Waals surface area contributed by atoms with Gasteiger partial charge in [0.2, 0.25) is 0 Å². The van der Waals surface area contributed by atoms with Crippen LogP contribution in [0.4, 0.5) is 5.82 Å². The Morgan fingerprint density at radius 1 is 1.21 bits per heavy atom. The smallest absolute Gasteiger partial charge is 0.145 e. The molecule has 5 nitrogen and oxygen atoms in total. The van der Waals surface area contributed by atoms with Gasteiger partial charge < -0.3 is 15.5 Å². The Kier molecular flexibility index (Phi) is 2.48. The van der Waals surface area contributed by atoms with Crippen LogP contribution in [0.15, 0.2) is 18.2 Å². The van der Waals surface area contributed by atoms with E-state index in [1.54, 1.807) is 7.11 Å². The van der Waals surface area contributed by atoms with Crippen molar-refractivity contribution in [1.82, 2.24) is 15.2 Å². The molecule has 0 amide bonds. The fourth-order valence-electron chi connectivity index (χ4n) is 2.50. The van der Waals surface area contributed by atoms with Gasteiger partial charge in [0.15, 0.2) is 0 Å². The van der Waals surface area contributed by atoms with E-state index in [0.29, 0.717) is 5.82 Å². The van der Waals surface area contributed by atoms with Crippen LogP contribution in [0, 0.1) is 13.8 Å². The zero-order valence-electron chi connectivity index (χ0n) is 11.2. The van der Waals surface area contributed by atoms with Gasteiger partial charge in [0.05, 0.1) is 12.8 Å². The predicted molar refractivity (Wildman–Crippen MR) is 76.3 cm³/mol. The number of aryl methyl sites for hydroxylation is 2. The minimum Gasteiger partial charge on any atom is -0.497 e. The van der Waals surface area contributed by atoms with Gasteiger partial charge in [-0.05, 0) is 31.5 Å². The van der Waals surface area contributed by atoms with Crippen LogP contribution in [0.25, 0.3) is 22.2 Å². The number of nitrogens with two attached hydrogens (primary N) is 1. The number of anilines is 1. The Bertz CT molecular complexity index is 754. The van der Waals surface area contributed by atoms with Crippen molar-refractivity contribution < 1.29 is 4.74 Å². The number of ether oxygens (including phenoxy) is 1. The lowest BCUT2D eigenvalue weighted by molar-refractivity contribution is 0.415. The van der Waals surface area contributed by atoms with Crippen molar-refractivity contribution in [2.45, 2.75) is 13.8 Å². The van der Waals surface area contributed by atoms with Crippen LogP contribution in [0.2, 0.25) is 0 Å². The molecule has 0 radical (unpaired) electrons. The molecule has 0 aliphatic heterocycles. The van der Waals surface area contributed by atoms with Gasteiger partial charge in [-0.15, -0.1) is 0 Å². The lowest BCUT2D eigenvalue weighted by Gasteiger charge is -2.04. The van der Waals surface area contributed by atoms with Gasteiger partial charge in [0, 0.05) is 28.2 Å². The SMILES string of the molecule is COc1cc(C)c2[nH]c(C)c(-c3cc(N)n[nH]3)c2c1. The molecule has 2 heterocycles. The molecular formula is C14H16N4O. The van der Waals surface area contributed by atoms with Gasteiger partial charge >= 0.3 is 0 Å². The molecule has 19 heavy (non-hydrogen) atoms. The second kappa shape index (κ2) is 4.05. The normalized spacial score (nSPS) is 11.1. The Morgan fingerprint density at radius 3 is 2.63 bits per heavy atom. The summed E-state index contributed by atoms with van der Waals surface area (Å²) in [5.41, 5.74) is 11.0. The second-order valence-electron chi connectivity index (χ2n) is 4.70. The van der Waals surface area contributed by atoms with Crippen molar-refractivity contribution >= 4 is 16.7 Å². The number of aromatic nitrogens is 3. The zero-order chi connectivity index (χ0) is 13.6. The molecule has 0 saturated carbocycles. The first-order chi connectivity index (χ1) is 9.10. The molecule has 4 N–H and O–H groups in total. The number of nitrogens with zero attached hydrogens (tertiary/aromatic N) is 1. The molecule has 5 heteroatoms. The maximum absolute atomic E-state index is 5.69. The van der Waals surface area contributed by atoms with E-state index in [-0.39, 0.29) is 0 Å². The molecule has 0 spiro atoms. The number of hydrogen-bond acceptors (Lipinski definition) is 3. The molecule has 0 saturated heterocycles. The lowest BCUT2D eigenvalue weighted by atomic mass is 10.1. The fourth-order valence-corrected chi connectivity index (χ4v) is 2.50. The van der Waals surface area contributed by atoms with Crippen LogP contribution in [0.1, 0.15) is 11.3 Å². The maximum Gasteiger partial charge on any atom is 0.145 e. The van der Waals surface area contributed by atoms with Crippen molar-refractivity contribution in [2.75, 3.05) is 12.8 Å². The first-order valence-electron chi connectivity index (χ1n) is 6.08. The summed E-state index contributed by atoms with van der Waals surface area (Å²) < 4.78 is 5.34. The number of fused-ring (bicyclic) bond motifs is 1. The number of nitrogen functional groups attached to an aromatic ring is 1. The van der Waals surface area contributed by atoms with E-state index in [9.17, 15) is 0 Å². The summed E-state index contributed by atoms with van der Waals surface area (Å²) >= 11 is 0. The van der Waals surface area contributed by atoms with E-state index in [2.05, 4.69) is 22.1 Å². The number of nitrogens with one attached hydrogen (secondary N) is 2. The summed E-state index contributed by atoms with van der Waals surface area (Å²) in [6.45, 7) is 4.10. The van der Waals surface area contributed by atoms with Crippen LogP contribution in [0.3, 0.4) is 0 Å². The van der Waals surface area contributed by atoms with Crippen LogP contribution in [-0.4, -0.2) is 22.3 Å².